The molecule has 9 heteroatoms. The average molecular weight is 504 g/mol. The van der Waals surface area contributed by atoms with Crippen molar-refractivity contribution in [2.75, 3.05) is 31.5 Å². The number of amides is 3. The third kappa shape index (κ3) is 5.57. The van der Waals surface area contributed by atoms with E-state index in [9.17, 15) is 9.59 Å². The van der Waals surface area contributed by atoms with Crippen molar-refractivity contribution in [2.45, 2.75) is 32.8 Å². The first kappa shape index (κ1) is 24.0. The molecule has 1 N–H and O–H groups in total. The van der Waals surface area contributed by atoms with E-state index in [0.717, 1.165) is 35.5 Å². The van der Waals surface area contributed by atoms with E-state index >= 15 is 0 Å². The number of hydrogen-bond donors (Lipinski definition) is 1. The smallest absolute Gasteiger partial charge is 0.323 e. The second kappa shape index (κ2) is 10.9. The van der Waals surface area contributed by atoms with Crippen LogP contribution in [-0.4, -0.2) is 57.9 Å². The molecule has 1 saturated heterocycles. The molecular formula is C27H29N5O3S. The number of benzene rings is 1. The van der Waals surface area contributed by atoms with Gasteiger partial charge in [-0.3, -0.25) is 15.1 Å². The number of hydrogen-bond acceptors (Lipinski definition) is 6. The predicted octanol–water partition coefficient (Wildman–Crippen LogP) is 4.59. The van der Waals surface area contributed by atoms with Gasteiger partial charge in [-0.05, 0) is 41.7 Å². The highest BCUT2D eigenvalue weighted by Crippen LogP contribution is 2.33. The number of allylic oxidation sites excluding steroid dienone is 1. The third-order valence-electron chi connectivity index (χ3n) is 6.44. The van der Waals surface area contributed by atoms with Gasteiger partial charge in [-0.2, -0.15) is 0 Å². The van der Waals surface area contributed by atoms with E-state index in [-0.39, 0.29) is 11.9 Å². The van der Waals surface area contributed by atoms with Crippen LogP contribution in [0.5, 0.6) is 0 Å². The zero-order chi connectivity index (χ0) is 24.9. The molecule has 3 heterocycles. The molecule has 1 aromatic carbocycles. The van der Waals surface area contributed by atoms with Crippen molar-refractivity contribution in [3.63, 3.8) is 0 Å². The summed E-state index contributed by atoms with van der Waals surface area (Å²) in [6, 6.07) is 10.2. The Kier molecular flexibility index (Phi) is 7.27. The number of carbonyl (C=O) groups excluding carboxylic acids is 2. The lowest BCUT2D eigenvalue weighted by Gasteiger charge is -2.34. The summed E-state index contributed by atoms with van der Waals surface area (Å²) in [7, 11) is 0. The molecule has 186 valence electrons. The molecule has 36 heavy (non-hydrogen) atoms. The Labute approximate surface area is 214 Å². The Morgan fingerprint density at radius 1 is 1.06 bits per heavy atom. The lowest BCUT2D eigenvalue weighted by atomic mass is 10.0. The van der Waals surface area contributed by atoms with Crippen molar-refractivity contribution in [1.29, 1.82) is 0 Å². The number of ether oxygens (including phenoxy) is 1. The number of piperazine rings is 1. The quantitative estimate of drug-likeness (QED) is 0.532. The number of thiophene rings is 1. The summed E-state index contributed by atoms with van der Waals surface area (Å²) in [5.74, 6) is 1.40. The summed E-state index contributed by atoms with van der Waals surface area (Å²) in [6.07, 6.45) is 9.39. The predicted molar refractivity (Wildman–Crippen MR) is 140 cm³/mol. The molecule has 0 saturated carbocycles. The Bertz CT molecular complexity index is 1270. The van der Waals surface area contributed by atoms with Crippen molar-refractivity contribution < 1.29 is 14.3 Å². The number of fused-ring (bicyclic) bond motifs is 1. The maximum atomic E-state index is 13.2. The van der Waals surface area contributed by atoms with Gasteiger partial charge in [-0.25, -0.2) is 9.78 Å². The minimum atomic E-state index is -0.228. The molecular weight excluding hydrogens is 474 g/mol. The number of carbonyl (C=O) groups is 2. The van der Waals surface area contributed by atoms with E-state index in [4.69, 9.17) is 4.74 Å². The standard InChI is InChI=1S/C27H29N5O3S/c1-2-19-4-3-5-20(14-19)18-35-22-6-7-23-21(15-22)16-24(36-23)26(33)31-10-12-32(13-11-31)27(34)30-25-17-28-8-9-29-25/h3-5,8-9,14-17H,2,6-7,10-13,18H2,1H3,(H,29,30,34). The first-order valence-electron chi connectivity index (χ1n) is 12.2. The second-order valence-corrected chi connectivity index (χ2v) is 10.00. The molecule has 1 aliphatic carbocycles. The molecule has 0 radical (unpaired) electrons. The van der Waals surface area contributed by atoms with Crippen molar-refractivity contribution >= 4 is 35.2 Å². The van der Waals surface area contributed by atoms with Crippen LogP contribution >= 0.6 is 11.3 Å². The number of aromatic nitrogens is 2. The first-order valence-corrected chi connectivity index (χ1v) is 13.1. The van der Waals surface area contributed by atoms with Crippen LogP contribution < -0.4 is 5.32 Å². The Morgan fingerprint density at radius 3 is 2.64 bits per heavy atom. The number of aryl methyl sites for hydroxylation is 2. The summed E-state index contributed by atoms with van der Waals surface area (Å²) >= 11 is 1.57. The molecule has 3 amide bonds. The fourth-order valence-electron chi connectivity index (χ4n) is 4.40. The monoisotopic (exact) mass is 503 g/mol. The zero-order valence-electron chi connectivity index (χ0n) is 20.3. The van der Waals surface area contributed by atoms with Gasteiger partial charge in [0.2, 0.25) is 0 Å². The van der Waals surface area contributed by atoms with Crippen LogP contribution in [0.4, 0.5) is 10.6 Å². The molecule has 8 nitrogen and oxygen atoms in total. The summed E-state index contributed by atoms with van der Waals surface area (Å²) in [4.78, 5) is 39.2. The number of nitrogens with one attached hydrogen (secondary N) is 1. The zero-order valence-corrected chi connectivity index (χ0v) is 21.1. The van der Waals surface area contributed by atoms with Crippen LogP contribution in [0.3, 0.4) is 0 Å². The minimum Gasteiger partial charge on any atom is -0.493 e. The topological polar surface area (TPSA) is 87.7 Å². The Morgan fingerprint density at radius 2 is 1.86 bits per heavy atom. The van der Waals surface area contributed by atoms with Crippen molar-refractivity contribution in [2.24, 2.45) is 0 Å². The van der Waals surface area contributed by atoms with Gasteiger partial charge >= 0.3 is 6.03 Å². The SMILES string of the molecule is CCc1cccc(COC2=Cc3cc(C(=O)N4CCN(C(=O)Nc5cnccn5)CC4)sc3CC2)c1. The van der Waals surface area contributed by atoms with Gasteiger partial charge < -0.3 is 14.5 Å². The lowest BCUT2D eigenvalue weighted by molar-refractivity contribution is 0.0676. The molecule has 1 aliphatic heterocycles. The molecule has 0 spiro atoms. The van der Waals surface area contributed by atoms with E-state index in [2.05, 4.69) is 52.5 Å². The van der Waals surface area contributed by atoms with E-state index < -0.39 is 0 Å². The average Bonchev–Trinajstić information content (AvgIpc) is 3.36. The first-order chi connectivity index (χ1) is 17.6. The molecule has 5 rings (SSSR count). The van der Waals surface area contributed by atoms with Crippen LogP contribution in [-0.2, 0) is 24.2 Å². The van der Waals surface area contributed by atoms with Gasteiger partial charge in [0, 0.05) is 49.9 Å². The summed E-state index contributed by atoms with van der Waals surface area (Å²) in [5, 5.41) is 2.74. The molecule has 0 bridgehead atoms. The van der Waals surface area contributed by atoms with Crippen LogP contribution in [0.2, 0.25) is 0 Å². The minimum absolute atomic E-state index is 0.0237. The van der Waals surface area contributed by atoms with Crippen LogP contribution in [0.15, 0.2) is 54.7 Å². The number of anilines is 1. The molecule has 1 fully saturated rings. The normalized spacial score (nSPS) is 15.2. The highest BCUT2D eigenvalue weighted by atomic mass is 32.1. The maximum Gasteiger partial charge on any atom is 0.323 e. The number of rotatable bonds is 6. The lowest BCUT2D eigenvalue weighted by Crippen LogP contribution is -2.51. The highest BCUT2D eigenvalue weighted by Gasteiger charge is 2.27. The fourth-order valence-corrected chi connectivity index (χ4v) is 5.51. The van der Waals surface area contributed by atoms with Crippen LogP contribution in [0.25, 0.3) is 6.08 Å². The largest absolute Gasteiger partial charge is 0.493 e. The van der Waals surface area contributed by atoms with Gasteiger partial charge in [-0.15, -0.1) is 11.3 Å². The van der Waals surface area contributed by atoms with E-state index in [1.165, 1.54) is 28.4 Å². The van der Waals surface area contributed by atoms with E-state index in [1.54, 1.807) is 22.4 Å². The van der Waals surface area contributed by atoms with E-state index in [1.807, 2.05) is 11.0 Å². The molecule has 0 atom stereocenters. The van der Waals surface area contributed by atoms with Crippen molar-refractivity contribution in [1.82, 2.24) is 19.8 Å². The molecule has 0 unspecified atom stereocenters. The Hall–Kier alpha value is -3.72. The highest BCUT2D eigenvalue weighted by molar-refractivity contribution is 7.14. The van der Waals surface area contributed by atoms with Crippen molar-refractivity contribution in [3.8, 4) is 0 Å². The maximum absolute atomic E-state index is 13.2. The van der Waals surface area contributed by atoms with E-state index in [0.29, 0.717) is 38.6 Å². The molecule has 3 aromatic rings. The summed E-state index contributed by atoms with van der Waals surface area (Å²) < 4.78 is 6.11. The fraction of sp³-hybridized carbons (Fsp3) is 0.333. The van der Waals surface area contributed by atoms with Crippen LogP contribution in [0, 0.1) is 0 Å². The molecule has 2 aromatic heterocycles. The number of nitrogens with zero attached hydrogens (tertiary/aromatic N) is 4. The second-order valence-electron chi connectivity index (χ2n) is 8.86. The third-order valence-corrected chi connectivity index (χ3v) is 7.64. The van der Waals surface area contributed by atoms with Gasteiger partial charge in [0.05, 0.1) is 16.8 Å². The Balaban J connectivity index is 1.16. The van der Waals surface area contributed by atoms with Crippen LogP contribution in [0.1, 0.15) is 44.6 Å². The van der Waals surface area contributed by atoms with Gasteiger partial charge in [-0.1, -0.05) is 31.2 Å². The summed E-state index contributed by atoms with van der Waals surface area (Å²) in [6.45, 7) is 4.64. The van der Waals surface area contributed by atoms with Gasteiger partial charge in [0.1, 0.15) is 6.61 Å². The van der Waals surface area contributed by atoms with Crippen molar-refractivity contribution in [3.05, 3.63) is 81.1 Å². The van der Waals surface area contributed by atoms with Gasteiger partial charge in [0.25, 0.3) is 5.91 Å². The number of urea groups is 1. The molecule has 2 aliphatic rings. The summed E-state index contributed by atoms with van der Waals surface area (Å²) in [5.41, 5.74) is 3.56. The van der Waals surface area contributed by atoms with Gasteiger partial charge in [0.15, 0.2) is 5.82 Å².